The fourth-order valence-electron chi connectivity index (χ4n) is 8.22. The summed E-state index contributed by atoms with van der Waals surface area (Å²) in [6.07, 6.45) is 7.54. The average molecular weight is 670 g/mol. The third-order valence-electron chi connectivity index (χ3n) is 10.7. The molecule has 1 aromatic heterocycles. The molecule has 0 radical (unpaired) electrons. The average Bonchev–Trinajstić information content (AvgIpc) is 3.75. The number of hydrogen-bond acceptors (Lipinski definition) is 3. The topological polar surface area (TPSA) is 12.5 Å². The number of fused-ring (bicyclic) bond motifs is 11. The molecule has 0 saturated heterocycles. The molecule has 11 rings (SSSR count). The quantitative estimate of drug-likeness (QED) is 0.173. The van der Waals surface area contributed by atoms with E-state index in [1.807, 2.05) is 11.3 Å². The van der Waals surface area contributed by atoms with Crippen LogP contribution in [0, 0.1) is 0 Å². The molecule has 2 heterocycles. The first-order valence-corrected chi connectivity index (χ1v) is 18.4. The van der Waals surface area contributed by atoms with Gasteiger partial charge in [0.25, 0.3) is 0 Å². The zero-order valence-electron chi connectivity index (χ0n) is 27.7. The van der Waals surface area contributed by atoms with Gasteiger partial charge in [-0.05, 0) is 92.0 Å². The minimum Gasteiger partial charge on any atom is -0.485 e. The Balaban J connectivity index is 1.03. The molecule has 1 unspecified atom stereocenters. The molecular formula is C48H31NOS. The predicted octanol–water partition coefficient (Wildman–Crippen LogP) is 13.8. The molecule has 240 valence electrons. The number of ether oxygens (including phenoxy) is 1. The molecule has 1 aliphatic carbocycles. The highest BCUT2D eigenvalue weighted by Gasteiger charge is 2.29. The van der Waals surface area contributed by atoms with Crippen LogP contribution in [0.25, 0.3) is 69.2 Å². The van der Waals surface area contributed by atoms with E-state index in [2.05, 4.69) is 175 Å². The molecule has 0 bridgehead atoms. The largest absolute Gasteiger partial charge is 0.485 e. The zero-order valence-corrected chi connectivity index (χ0v) is 28.5. The number of rotatable bonds is 4. The Labute approximate surface area is 299 Å². The summed E-state index contributed by atoms with van der Waals surface area (Å²) in [5, 5.41) is 10.3. The molecule has 9 aromatic rings. The van der Waals surface area contributed by atoms with Gasteiger partial charge in [-0.25, -0.2) is 0 Å². The number of allylic oxidation sites excluding steroid dienone is 2. The second-order valence-corrected chi connectivity index (χ2v) is 14.7. The van der Waals surface area contributed by atoms with Gasteiger partial charge >= 0.3 is 0 Å². The van der Waals surface area contributed by atoms with Crippen molar-refractivity contribution in [1.82, 2.24) is 0 Å². The van der Waals surface area contributed by atoms with Gasteiger partial charge in [-0.3, -0.25) is 0 Å². The van der Waals surface area contributed by atoms with Crippen molar-refractivity contribution in [3.8, 4) is 16.9 Å². The first kappa shape index (κ1) is 28.7. The van der Waals surface area contributed by atoms with Crippen LogP contribution < -0.4 is 9.64 Å². The molecule has 1 aliphatic heterocycles. The van der Waals surface area contributed by atoms with Crippen molar-refractivity contribution in [3.63, 3.8) is 0 Å². The fraction of sp³-hybridized carbons (Fsp3) is 0.0417. The second-order valence-electron chi connectivity index (χ2n) is 13.6. The maximum Gasteiger partial charge on any atom is 0.129 e. The third-order valence-corrected chi connectivity index (χ3v) is 11.9. The van der Waals surface area contributed by atoms with E-state index in [-0.39, 0.29) is 6.10 Å². The lowest BCUT2D eigenvalue weighted by Gasteiger charge is -2.26. The van der Waals surface area contributed by atoms with E-state index < -0.39 is 0 Å². The summed E-state index contributed by atoms with van der Waals surface area (Å²) >= 11 is 1.85. The van der Waals surface area contributed by atoms with E-state index in [4.69, 9.17) is 4.74 Å². The fourth-order valence-corrected chi connectivity index (χ4v) is 9.36. The lowest BCUT2D eigenvalue weighted by Crippen LogP contribution is -2.12. The van der Waals surface area contributed by atoms with Gasteiger partial charge in [0.1, 0.15) is 11.9 Å². The molecule has 0 spiro atoms. The molecule has 0 fully saturated rings. The highest BCUT2D eigenvalue weighted by Crippen LogP contribution is 2.46. The summed E-state index contributed by atoms with van der Waals surface area (Å²) in [5.41, 5.74) is 8.19. The number of anilines is 3. The maximum absolute atomic E-state index is 6.51. The lowest BCUT2D eigenvalue weighted by molar-refractivity contribution is 0.279. The van der Waals surface area contributed by atoms with Crippen molar-refractivity contribution in [2.24, 2.45) is 0 Å². The van der Waals surface area contributed by atoms with Gasteiger partial charge in [-0.1, -0.05) is 115 Å². The molecule has 0 saturated carbocycles. The van der Waals surface area contributed by atoms with Crippen molar-refractivity contribution in [2.75, 3.05) is 4.90 Å². The van der Waals surface area contributed by atoms with Crippen molar-refractivity contribution in [1.29, 1.82) is 0 Å². The molecular weight excluding hydrogens is 639 g/mol. The van der Waals surface area contributed by atoms with Crippen molar-refractivity contribution >= 4 is 86.5 Å². The van der Waals surface area contributed by atoms with Crippen molar-refractivity contribution in [3.05, 3.63) is 175 Å². The molecule has 3 heteroatoms. The van der Waals surface area contributed by atoms with Gasteiger partial charge in [0.2, 0.25) is 0 Å². The Morgan fingerprint density at radius 2 is 1.18 bits per heavy atom. The highest BCUT2D eigenvalue weighted by molar-refractivity contribution is 7.25. The minimum absolute atomic E-state index is 0.0978. The zero-order chi connectivity index (χ0) is 33.5. The normalized spacial score (nSPS) is 15.0. The van der Waals surface area contributed by atoms with E-state index >= 15 is 0 Å². The monoisotopic (exact) mass is 669 g/mol. The molecule has 1 atom stereocenters. The Morgan fingerprint density at radius 3 is 2.08 bits per heavy atom. The van der Waals surface area contributed by atoms with Gasteiger partial charge < -0.3 is 9.64 Å². The predicted molar refractivity (Wildman–Crippen MR) is 218 cm³/mol. The standard InChI is InChI=1S/C48H31NOS/c1-2-8-37-31(7-1)17-24-39-38(37)23-18-32-13-14-33(27-44(32)39)30-15-19-34(20-16-30)49(35-21-25-41-40-9-3-5-11-45(40)50-46(41)28-35)36-22-26-43-42-10-4-6-12-47(42)51-48(43)29-36/h1-10,12-29,45H,11H2. The van der Waals surface area contributed by atoms with Crippen molar-refractivity contribution in [2.45, 2.75) is 12.5 Å². The van der Waals surface area contributed by atoms with Gasteiger partial charge in [0.15, 0.2) is 0 Å². The second kappa shape index (κ2) is 11.2. The van der Waals surface area contributed by atoms with Gasteiger partial charge in [-0.15, -0.1) is 11.3 Å². The van der Waals surface area contributed by atoms with Crippen LogP contribution in [0.4, 0.5) is 17.1 Å². The van der Waals surface area contributed by atoms with Crippen LogP contribution in [-0.4, -0.2) is 6.10 Å². The maximum atomic E-state index is 6.51. The number of benzene rings is 8. The molecule has 2 aliphatic rings. The number of thiophene rings is 1. The number of hydrogen-bond donors (Lipinski definition) is 0. The van der Waals surface area contributed by atoms with Crippen LogP contribution in [0.5, 0.6) is 5.75 Å². The Hall–Kier alpha value is -6.16. The summed E-state index contributed by atoms with van der Waals surface area (Å²) in [6.45, 7) is 0. The van der Waals surface area contributed by atoms with Gasteiger partial charge in [0, 0.05) is 60.9 Å². The summed E-state index contributed by atoms with van der Waals surface area (Å²) < 4.78 is 9.10. The van der Waals surface area contributed by atoms with Crippen LogP contribution in [0.15, 0.2) is 170 Å². The first-order valence-electron chi connectivity index (χ1n) is 17.6. The highest BCUT2D eigenvalue weighted by atomic mass is 32.1. The lowest BCUT2D eigenvalue weighted by atomic mass is 9.94. The molecule has 2 nitrogen and oxygen atoms in total. The summed E-state index contributed by atoms with van der Waals surface area (Å²) in [6, 6.07) is 55.9. The number of nitrogens with zero attached hydrogens (tertiary/aromatic N) is 1. The summed E-state index contributed by atoms with van der Waals surface area (Å²) in [4.78, 5) is 2.37. The minimum atomic E-state index is 0.0978. The summed E-state index contributed by atoms with van der Waals surface area (Å²) in [7, 11) is 0. The van der Waals surface area contributed by atoms with Gasteiger partial charge in [0.05, 0.1) is 0 Å². The molecule has 0 amide bonds. The van der Waals surface area contributed by atoms with E-state index in [9.17, 15) is 0 Å². The van der Waals surface area contributed by atoms with Crippen LogP contribution in [-0.2, 0) is 0 Å². The van der Waals surface area contributed by atoms with E-state index in [1.165, 1.54) is 74.8 Å². The summed E-state index contributed by atoms with van der Waals surface area (Å²) in [5.74, 6) is 0.952. The molecule has 51 heavy (non-hydrogen) atoms. The van der Waals surface area contributed by atoms with Crippen LogP contribution in [0.3, 0.4) is 0 Å². The SMILES string of the molecule is C1=CCC2Oc3cc(N(c4ccc(-c5ccc6ccc7c8ccccc8ccc7c6c5)cc4)c4ccc5c(c4)sc4ccccc45)ccc3C2=C1. The van der Waals surface area contributed by atoms with E-state index in [0.717, 1.165) is 29.2 Å². The van der Waals surface area contributed by atoms with Crippen molar-refractivity contribution < 1.29 is 4.74 Å². The van der Waals surface area contributed by atoms with Crippen LogP contribution in [0.1, 0.15) is 12.0 Å². The van der Waals surface area contributed by atoms with E-state index in [1.54, 1.807) is 0 Å². The van der Waals surface area contributed by atoms with Crippen LogP contribution >= 0.6 is 11.3 Å². The van der Waals surface area contributed by atoms with E-state index in [0.29, 0.717) is 0 Å². The third kappa shape index (κ3) is 4.55. The Morgan fingerprint density at radius 1 is 0.510 bits per heavy atom. The molecule has 0 N–H and O–H groups in total. The first-order chi connectivity index (χ1) is 25.2. The van der Waals surface area contributed by atoms with Crippen LogP contribution in [0.2, 0.25) is 0 Å². The Bertz CT molecular complexity index is 2930. The molecule has 8 aromatic carbocycles. The van der Waals surface area contributed by atoms with Gasteiger partial charge in [-0.2, -0.15) is 0 Å². The smallest absolute Gasteiger partial charge is 0.129 e. The Kier molecular flexibility index (Phi) is 6.28.